The van der Waals surface area contributed by atoms with Crippen LogP contribution in [0.1, 0.15) is 18.8 Å². The van der Waals surface area contributed by atoms with E-state index < -0.39 is 0 Å². The van der Waals surface area contributed by atoms with Crippen molar-refractivity contribution in [2.24, 2.45) is 5.73 Å². The molecule has 2 N–H and O–H groups in total. The molecule has 0 aliphatic heterocycles. The first-order valence-electron chi connectivity index (χ1n) is 6.84. The summed E-state index contributed by atoms with van der Waals surface area (Å²) in [6, 6.07) is 9.02. The summed E-state index contributed by atoms with van der Waals surface area (Å²) in [4.78, 5) is 0. The van der Waals surface area contributed by atoms with E-state index in [0.29, 0.717) is 17.2 Å². The molecule has 0 saturated carbocycles. The lowest BCUT2D eigenvalue weighted by atomic mass is 10.1. The summed E-state index contributed by atoms with van der Waals surface area (Å²) >= 11 is 0. The zero-order valence-corrected chi connectivity index (χ0v) is 12.6. The van der Waals surface area contributed by atoms with Gasteiger partial charge in [0.2, 0.25) is 0 Å². The van der Waals surface area contributed by atoms with E-state index in [1.807, 2.05) is 37.3 Å². The van der Waals surface area contributed by atoms with Crippen molar-refractivity contribution in [1.82, 2.24) is 19.8 Å². The topological polar surface area (TPSA) is 87.6 Å². The second kappa shape index (κ2) is 5.61. The van der Waals surface area contributed by atoms with E-state index >= 15 is 0 Å². The summed E-state index contributed by atoms with van der Waals surface area (Å²) in [7, 11) is 3.24. The van der Waals surface area contributed by atoms with Crippen molar-refractivity contribution in [3.63, 3.8) is 0 Å². The molecule has 1 aromatic carbocycles. The first kappa shape index (κ1) is 14.3. The molecule has 2 heterocycles. The maximum Gasteiger partial charge on any atom is 0.178 e. The molecule has 7 heteroatoms. The van der Waals surface area contributed by atoms with Crippen molar-refractivity contribution < 1.29 is 9.47 Å². The molecule has 3 aromatic rings. The van der Waals surface area contributed by atoms with Crippen LogP contribution in [0.15, 0.2) is 30.3 Å². The summed E-state index contributed by atoms with van der Waals surface area (Å²) < 4.78 is 12.3. The van der Waals surface area contributed by atoms with Crippen molar-refractivity contribution in [1.29, 1.82) is 0 Å². The molecule has 0 amide bonds. The summed E-state index contributed by atoms with van der Waals surface area (Å²) in [6.45, 7) is 1.84. The third kappa shape index (κ3) is 2.35. The Hall–Kier alpha value is -2.67. The van der Waals surface area contributed by atoms with Crippen molar-refractivity contribution >= 4 is 5.65 Å². The Balaban J connectivity index is 2.19. The van der Waals surface area contributed by atoms with E-state index in [9.17, 15) is 0 Å². The van der Waals surface area contributed by atoms with Gasteiger partial charge in [-0.3, -0.25) is 0 Å². The van der Waals surface area contributed by atoms with Crippen LogP contribution in [0, 0.1) is 0 Å². The number of hydrogen-bond acceptors (Lipinski definition) is 6. The number of aromatic nitrogens is 4. The van der Waals surface area contributed by atoms with Gasteiger partial charge < -0.3 is 15.2 Å². The molecular weight excluding hydrogens is 282 g/mol. The minimum Gasteiger partial charge on any atom is -0.497 e. The second-order valence-electron chi connectivity index (χ2n) is 4.90. The lowest BCUT2D eigenvalue weighted by molar-refractivity contribution is 0.404. The SMILES string of the molecule is COc1ccc(OC)c(-c2ccc3nnc([C@@H](C)N)n3n2)c1. The number of ether oxygens (including phenoxy) is 2. The van der Waals surface area contributed by atoms with Gasteiger partial charge in [0, 0.05) is 5.56 Å². The van der Waals surface area contributed by atoms with Crippen molar-refractivity contribution in [3.05, 3.63) is 36.2 Å². The third-order valence-electron chi connectivity index (χ3n) is 3.38. The number of benzene rings is 1. The average molecular weight is 299 g/mol. The molecule has 0 saturated heterocycles. The summed E-state index contributed by atoms with van der Waals surface area (Å²) in [6.07, 6.45) is 0. The Morgan fingerprint density at radius 1 is 1.09 bits per heavy atom. The van der Waals surface area contributed by atoms with Gasteiger partial charge in [0.15, 0.2) is 11.5 Å². The highest BCUT2D eigenvalue weighted by molar-refractivity contribution is 5.69. The quantitative estimate of drug-likeness (QED) is 0.790. The molecule has 0 unspecified atom stereocenters. The fourth-order valence-electron chi connectivity index (χ4n) is 2.25. The van der Waals surface area contributed by atoms with E-state index in [-0.39, 0.29) is 6.04 Å². The first-order chi connectivity index (χ1) is 10.6. The van der Waals surface area contributed by atoms with Gasteiger partial charge >= 0.3 is 0 Å². The van der Waals surface area contributed by atoms with Crippen LogP contribution in [0.4, 0.5) is 0 Å². The smallest absolute Gasteiger partial charge is 0.178 e. The Labute approximate surface area is 127 Å². The lowest BCUT2D eigenvalue weighted by Gasteiger charge is -2.10. The van der Waals surface area contributed by atoms with Crippen LogP contribution in [0.3, 0.4) is 0 Å². The largest absolute Gasteiger partial charge is 0.497 e. The van der Waals surface area contributed by atoms with E-state index in [0.717, 1.165) is 17.0 Å². The zero-order chi connectivity index (χ0) is 15.7. The molecule has 0 bridgehead atoms. The fourth-order valence-corrected chi connectivity index (χ4v) is 2.25. The Morgan fingerprint density at radius 2 is 1.91 bits per heavy atom. The molecule has 1 atom stereocenters. The molecule has 2 aromatic heterocycles. The maximum absolute atomic E-state index is 5.91. The Bertz CT molecular complexity index is 813. The molecule has 0 aliphatic rings. The predicted octanol–water partition coefficient (Wildman–Crippen LogP) is 1.83. The second-order valence-corrected chi connectivity index (χ2v) is 4.90. The van der Waals surface area contributed by atoms with E-state index in [1.165, 1.54) is 0 Å². The molecule has 0 aliphatic carbocycles. The maximum atomic E-state index is 5.91. The van der Waals surface area contributed by atoms with Crippen LogP contribution in [0.5, 0.6) is 11.5 Å². The highest BCUT2D eigenvalue weighted by atomic mass is 16.5. The number of nitrogens with two attached hydrogens (primary N) is 1. The standard InChI is InChI=1S/C15H17N5O2/c1-9(16)15-18-17-14-7-5-12(19-20(14)15)11-8-10(21-2)4-6-13(11)22-3/h4-9H,16H2,1-3H3/t9-/m1/s1. The van der Waals surface area contributed by atoms with Crippen LogP contribution in [-0.4, -0.2) is 34.0 Å². The van der Waals surface area contributed by atoms with Gasteiger partial charge in [-0.2, -0.15) is 9.61 Å². The van der Waals surface area contributed by atoms with E-state index in [4.69, 9.17) is 15.2 Å². The Kier molecular flexibility index (Phi) is 3.64. The highest BCUT2D eigenvalue weighted by Gasteiger charge is 2.14. The number of hydrogen-bond donors (Lipinski definition) is 1. The van der Waals surface area contributed by atoms with Crippen molar-refractivity contribution in [3.8, 4) is 22.8 Å². The van der Waals surface area contributed by atoms with Gasteiger partial charge in [0.25, 0.3) is 0 Å². The summed E-state index contributed by atoms with van der Waals surface area (Å²) in [5.74, 6) is 2.05. The number of rotatable bonds is 4. The average Bonchev–Trinajstić information content (AvgIpc) is 2.97. The number of methoxy groups -OCH3 is 2. The summed E-state index contributed by atoms with van der Waals surface area (Å²) in [5.41, 5.74) is 8.11. The lowest BCUT2D eigenvalue weighted by Crippen LogP contribution is -2.11. The van der Waals surface area contributed by atoms with Crippen LogP contribution in [0.2, 0.25) is 0 Å². The fraction of sp³-hybridized carbons (Fsp3) is 0.267. The minimum absolute atomic E-state index is 0.259. The normalized spacial score (nSPS) is 12.4. The van der Waals surface area contributed by atoms with E-state index in [2.05, 4.69) is 15.3 Å². The van der Waals surface area contributed by atoms with Crippen LogP contribution in [-0.2, 0) is 0 Å². The predicted molar refractivity (Wildman–Crippen MR) is 81.9 cm³/mol. The van der Waals surface area contributed by atoms with Gasteiger partial charge in [-0.15, -0.1) is 10.2 Å². The van der Waals surface area contributed by atoms with Crippen molar-refractivity contribution in [2.75, 3.05) is 14.2 Å². The minimum atomic E-state index is -0.259. The Morgan fingerprint density at radius 3 is 2.59 bits per heavy atom. The molecule has 0 spiro atoms. The number of nitrogens with zero attached hydrogens (tertiary/aromatic N) is 4. The first-order valence-corrected chi connectivity index (χ1v) is 6.84. The molecule has 0 radical (unpaired) electrons. The monoisotopic (exact) mass is 299 g/mol. The van der Waals surface area contributed by atoms with Gasteiger partial charge in [0.1, 0.15) is 11.5 Å². The van der Waals surface area contributed by atoms with Crippen LogP contribution >= 0.6 is 0 Å². The molecular formula is C15H17N5O2. The zero-order valence-electron chi connectivity index (χ0n) is 12.6. The van der Waals surface area contributed by atoms with Crippen LogP contribution < -0.4 is 15.2 Å². The van der Waals surface area contributed by atoms with Gasteiger partial charge in [-0.25, -0.2) is 0 Å². The van der Waals surface area contributed by atoms with Gasteiger partial charge in [0.05, 0.1) is 26.0 Å². The third-order valence-corrected chi connectivity index (χ3v) is 3.38. The molecule has 7 nitrogen and oxygen atoms in total. The molecule has 22 heavy (non-hydrogen) atoms. The molecule has 0 fully saturated rings. The number of fused-ring (bicyclic) bond motifs is 1. The van der Waals surface area contributed by atoms with Crippen molar-refractivity contribution in [2.45, 2.75) is 13.0 Å². The van der Waals surface area contributed by atoms with Crippen LogP contribution in [0.25, 0.3) is 16.9 Å². The van der Waals surface area contributed by atoms with Gasteiger partial charge in [-0.05, 0) is 37.3 Å². The van der Waals surface area contributed by atoms with Gasteiger partial charge in [-0.1, -0.05) is 0 Å². The highest BCUT2D eigenvalue weighted by Crippen LogP contribution is 2.32. The summed E-state index contributed by atoms with van der Waals surface area (Å²) in [5, 5.41) is 12.7. The van der Waals surface area contributed by atoms with E-state index in [1.54, 1.807) is 18.7 Å². The molecule has 114 valence electrons. The molecule has 3 rings (SSSR count).